The number of aromatic nitrogens is 1. The first-order valence-corrected chi connectivity index (χ1v) is 7.86. The first kappa shape index (κ1) is 15.6. The Hall–Kier alpha value is -1.78. The number of nitrogens with two attached hydrogens (primary N) is 1. The fraction of sp³-hybridized carbons (Fsp3) is 0.625. The van der Waals surface area contributed by atoms with E-state index in [2.05, 4.69) is 22.0 Å². The lowest BCUT2D eigenvalue weighted by Gasteiger charge is -2.24. The highest BCUT2D eigenvalue weighted by molar-refractivity contribution is 6.01. The van der Waals surface area contributed by atoms with Crippen LogP contribution in [-0.4, -0.2) is 29.1 Å². The molecule has 1 unspecified atom stereocenters. The molecule has 3 N–H and O–H groups in total. The maximum Gasteiger partial charge on any atom is 0.173 e. The summed E-state index contributed by atoms with van der Waals surface area (Å²) >= 11 is 0. The fourth-order valence-corrected chi connectivity index (χ4v) is 3.11. The zero-order valence-corrected chi connectivity index (χ0v) is 13.0. The van der Waals surface area contributed by atoms with Gasteiger partial charge in [-0.05, 0) is 44.2 Å². The zero-order valence-electron chi connectivity index (χ0n) is 13.0. The van der Waals surface area contributed by atoms with Crippen molar-refractivity contribution in [1.29, 1.82) is 0 Å². The lowest BCUT2D eigenvalue weighted by atomic mass is 9.96. The Morgan fingerprint density at radius 1 is 1.43 bits per heavy atom. The second kappa shape index (κ2) is 7.29. The third-order valence-electron chi connectivity index (χ3n) is 4.24. The van der Waals surface area contributed by atoms with Crippen LogP contribution in [0.2, 0.25) is 0 Å². The van der Waals surface area contributed by atoms with E-state index in [1.54, 1.807) is 0 Å². The van der Waals surface area contributed by atoms with Crippen LogP contribution in [0.1, 0.15) is 50.3 Å². The van der Waals surface area contributed by atoms with Crippen LogP contribution in [0.15, 0.2) is 17.3 Å². The molecule has 1 fully saturated rings. The van der Waals surface area contributed by atoms with Crippen LogP contribution in [0.25, 0.3) is 0 Å². The van der Waals surface area contributed by atoms with Crippen molar-refractivity contribution in [2.45, 2.75) is 46.0 Å². The van der Waals surface area contributed by atoms with Gasteiger partial charge in [-0.1, -0.05) is 24.9 Å². The van der Waals surface area contributed by atoms with Gasteiger partial charge in [-0.25, -0.2) is 4.98 Å². The lowest BCUT2D eigenvalue weighted by Crippen LogP contribution is -2.29. The Balaban J connectivity index is 2.22. The summed E-state index contributed by atoms with van der Waals surface area (Å²) < 4.78 is 0. The number of hydrogen-bond donors (Lipinski definition) is 2. The topological polar surface area (TPSA) is 74.7 Å². The summed E-state index contributed by atoms with van der Waals surface area (Å²) in [5.74, 6) is 1.80. The average molecular weight is 290 g/mol. The lowest BCUT2D eigenvalue weighted by molar-refractivity contribution is 0.318. The minimum atomic E-state index is 0.131. The molecule has 0 amide bonds. The van der Waals surface area contributed by atoms with Gasteiger partial charge in [-0.15, -0.1) is 0 Å². The van der Waals surface area contributed by atoms with E-state index in [-0.39, 0.29) is 5.84 Å². The van der Waals surface area contributed by atoms with Crippen LogP contribution in [0.5, 0.6) is 0 Å². The third-order valence-corrected chi connectivity index (χ3v) is 4.24. The molecule has 0 saturated carbocycles. The van der Waals surface area contributed by atoms with Crippen molar-refractivity contribution >= 4 is 11.7 Å². The van der Waals surface area contributed by atoms with Crippen molar-refractivity contribution in [1.82, 2.24) is 4.98 Å². The molecule has 0 bridgehead atoms. The molecule has 0 spiro atoms. The molecule has 5 heteroatoms. The van der Waals surface area contributed by atoms with Gasteiger partial charge in [0.15, 0.2) is 5.84 Å². The molecule has 1 saturated heterocycles. The number of rotatable bonds is 4. The number of aryl methyl sites for hydroxylation is 1. The van der Waals surface area contributed by atoms with Crippen molar-refractivity contribution in [3.63, 3.8) is 0 Å². The SMILES string of the molecule is CCCC1CCCN(c2nc(C)ccc2C(N)=NO)CC1. The second-order valence-electron chi connectivity index (χ2n) is 5.88. The van der Waals surface area contributed by atoms with Gasteiger partial charge in [0.05, 0.1) is 5.56 Å². The van der Waals surface area contributed by atoms with E-state index in [0.717, 1.165) is 36.1 Å². The molecule has 21 heavy (non-hydrogen) atoms. The molecule has 116 valence electrons. The molecule has 0 aromatic carbocycles. The Morgan fingerprint density at radius 2 is 2.24 bits per heavy atom. The summed E-state index contributed by atoms with van der Waals surface area (Å²) in [4.78, 5) is 6.92. The van der Waals surface area contributed by atoms with Crippen molar-refractivity contribution in [2.24, 2.45) is 16.8 Å². The molecule has 1 aliphatic rings. The van der Waals surface area contributed by atoms with Crippen molar-refractivity contribution in [3.8, 4) is 0 Å². The standard InChI is InChI=1S/C16H26N4O/c1-3-5-13-6-4-10-20(11-9-13)16-14(15(17)19-21)8-7-12(2)18-16/h7-8,13,21H,3-6,9-11H2,1-2H3,(H2,17,19). The largest absolute Gasteiger partial charge is 0.409 e. The predicted molar refractivity (Wildman–Crippen MR) is 85.9 cm³/mol. The molecule has 0 radical (unpaired) electrons. The molecule has 1 atom stereocenters. The highest BCUT2D eigenvalue weighted by atomic mass is 16.4. The van der Waals surface area contributed by atoms with Gasteiger partial charge in [0.25, 0.3) is 0 Å². The van der Waals surface area contributed by atoms with Gasteiger partial charge in [0.1, 0.15) is 5.82 Å². The van der Waals surface area contributed by atoms with Gasteiger partial charge in [0, 0.05) is 18.8 Å². The number of pyridine rings is 1. The maximum atomic E-state index is 8.96. The minimum absolute atomic E-state index is 0.131. The van der Waals surface area contributed by atoms with E-state index < -0.39 is 0 Å². The van der Waals surface area contributed by atoms with Crippen molar-refractivity contribution in [3.05, 3.63) is 23.4 Å². The summed E-state index contributed by atoms with van der Waals surface area (Å²) in [6.07, 6.45) is 6.22. The molecule has 2 heterocycles. The van der Waals surface area contributed by atoms with Gasteiger partial charge in [0.2, 0.25) is 0 Å². The highest BCUT2D eigenvalue weighted by Crippen LogP contribution is 2.26. The van der Waals surface area contributed by atoms with E-state index in [4.69, 9.17) is 10.9 Å². The van der Waals surface area contributed by atoms with Gasteiger partial charge >= 0.3 is 0 Å². The summed E-state index contributed by atoms with van der Waals surface area (Å²) in [6, 6.07) is 3.79. The van der Waals surface area contributed by atoms with E-state index in [0.29, 0.717) is 0 Å². The van der Waals surface area contributed by atoms with E-state index in [1.165, 1.54) is 32.1 Å². The number of nitrogens with zero attached hydrogens (tertiary/aromatic N) is 3. The average Bonchev–Trinajstić information content (AvgIpc) is 2.72. The summed E-state index contributed by atoms with van der Waals surface area (Å²) in [7, 11) is 0. The van der Waals surface area contributed by atoms with Crippen LogP contribution in [0.4, 0.5) is 5.82 Å². The first-order valence-electron chi connectivity index (χ1n) is 7.86. The van der Waals surface area contributed by atoms with Crippen molar-refractivity contribution < 1.29 is 5.21 Å². The van der Waals surface area contributed by atoms with Crippen molar-refractivity contribution in [2.75, 3.05) is 18.0 Å². The molecule has 1 aromatic rings. The number of hydrogen-bond acceptors (Lipinski definition) is 4. The third kappa shape index (κ3) is 3.86. The molecule has 2 rings (SSSR count). The monoisotopic (exact) mass is 290 g/mol. The maximum absolute atomic E-state index is 8.96. The second-order valence-corrected chi connectivity index (χ2v) is 5.88. The number of anilines is 1. The summed E-state index contributed by atoms with van der Waals surface area (Å²) in [6.45, 7) is 6.20. The Morgan fingerprint density at radius 3 is 2.95 bits per heavy atom. The molecule has 5 nitrogen and oxygen atoms in total. The first-order chi connectivity index (χ1) is 10.2. The molecular weight excluding hydrogens is 264 g/mol. The van der Waals surface area contributed by atoms with Crippen LogP contribution in [-0.2, 0) is 0 Å². The van der Waals surface area contributed by atoms with Gasteiger partial charge < -0.3 is 15.8 Å². The van der Waals surface area contributed by atoms with E-state index >= 15 is 0 Å². The van der Waals surface area contributed by atoms with E-state index in [9.17, 15) is 0 Å². The van der Waals surface area contributed by atoms with Crippen LogP contribution >= 0.6 is 0 Å². The Kier molecular flexibility index (Phi) is 5.42. The zero-order chi connectivity index (χ0) is 15.2. The Bertz CT molecular complexity index is 501. The van der Waals surface area contributed by atoms with Crippen LogP contribution in [0, 0.1) is 12.8 Å². The molecule has 1 aliphatic heterocycles. The Labute approximate surface area is 126 Å². The van der Waals surface area contributed by atoms with E-state index in [1.807, 2.05) is 19.1 Å². The van der Waals surface area contributed by atoms with Gasteiger partial charge in [-0.2, -0.15) is 0 Å². The quantitative estimate of drug-likeness (QED) is 0.387. The highest BCUT2D eigenvalue weighted by Gasteiger charge is 2.21. The van der Waals surface area contributed by atoms with Crippen LogP contribution in [0.3, 0.4) is 0 Å². The summed E-state index contributed by atoms with van der Waals surface area (Å²) in [5.41, 5.74) is 7.47. The van der Waals surface area contributed by atoms with Gasteiger partial charge in [-0.3, -0.25) is 0 Å². The minimum Gasteiger partial charge on any atom is -0.409 e. The molecule has 1 aromatic heterocycles. The number of oxime groups is 1. The molecule has 0 aliphatic carbocycles. The fourth-order valence-electron chi connectivity index (χ4n) is 3.11. The summed E-state index contributed by atoms with van der Waals surface area (Å²) in [5, 5.41) is 12.1. The normalized spacial score (nSPS) is 20.4. The number of amidine groups is 1. The molecular formula is C16H26N4O. The smallest absolute Gasteiger partial charge is 0.173 e. The predicted octanol–water partition coefficient (Wildman–Crippen LogP) is 2.89. The van der Waals surface area contributed by atoms with Crippen LogP contribution < -0.4 is 10.6 Å².